The van der Waals surface area contributed by atoms with Crippen molar-refractivity contribution in [1.29, 1.82) is 0 Å². The van der Waals surface area contributed by atoms with E-state index in [0.29, 0.717) is 5.56 Å². The van der Waals surface area contributed by atoms with Gasteiger partial charge in [0.1, 0.15) is 16.2 Å². The molecule has 1 saturated heterocycles. The first-order valence-electron chi connectivity index (χ1n) is 10.0. The second kappa shape index (κ2) is 9.53. The Morgan fingerprint density at radius 1 is 0.914 bits per heavy atom. The molecule has 8 nitrogen and oxygen atoms in total. The largest absolute Gasteiger partial charge is 0.379 e. The van der Waals surface area contributed by atoms with Crippen LogP contribution in [0.15, 0.2) is 77.2 Å². The van der Waals surface area contributed by atoms with Gasteiger partial charge in [0.15, 0.2) is 0 Å². The minimum absolute atomic E-state index is 0.0236. The number of carbonyl (C=O) groups excluding carboxylic acids is 3. The Hall–Kier alpha value is -3.66. The number of imide groups is 2. The number of hydrogen-bond donors (Lipinski definition) is 1. The van der Waals surface area contributed by atoms with Crippen LogP contribution in [0.1, 0.15) is 11.1 Å². The van der Waals surface area contributed by atoms with Gasteiger partial charge in [-0.3, -0.25) is 14.9 Å². The topological polar surface area (TPSA) is 110 Å². The van der Waals surface area contributed by atoms with Crippen LogP contribution in [0.25, 0.3) is 6.08 Å². The predicted octanol–water partition coefficient (Wildman–Crippen LogP) is 4.74. The number of carbonyl (C=O) groups is 3. The van der Waals surface area contributed by atoms with Crippen LogP contribution in [-0.2, 0) is 19.7 Å². The van der Waals surface area contributed by atoms with Gasteiger partial charge in [-0.15, -0.1) is 0 Å². The summed E-state index contributed by atoms with van der Waals surface area (Å²) < 4.78 is 30.4. The van der Waals surface area contributed by atoms with Crippen molar-refractivity contribution in [3.05, 3.63) is 93.5 Å². The molecule has 1 fully saturated rings. The fourth-order valence-electron chi connectivity index (χ4n) is 3.22. The molecule has 0 spiro atoms. The molecule has 0 atom stereocenters. The Bertz CT molecular complexity index is 1500. The van der Waals surface area contributed by atoms with Crippen molar-refractivity contribution in [3.8, 4) is 5.75 Å². The number of rotatable bonds is 5. The lowest BCUT2D eigenvalue weighted by molar-refractivity contribution is -0.122. The molecule has 35 heavy (non-hydrogen) atoms. The third-order valence-corrected chi connectivity index (χ3v) is 6.95. The van der Waals surface area contributed by atoms with Crippen LogP contribution >= 0.6 is 23.2 Å². The van der Waals surface area contributed by atoms with Crippen molar-refractivity contribution in [2.45, 2.75) is 11.8 Å². The van der Waals surface area contributed by atoms with Gasteiger partial charge < -0.3 is 4.18 Å². The maximum Gasteiger partial charge on any atom is 0.339 e. The Kier molecular flexibility index (Phi) is 6.66. The highest BCUT2D eigenvalue weighted by atomic mass is 35.5. The van der Waals surface area contributed by atoms with E-state index in [1.807, 2.05) is 6.92 Å². The van der Waals surface area contributed by atoms with E-state index >= 15 is 0 Å². The molecular weight excluding hydrogens is 515 g/mol. The van der Waals surface area contributed by atoms with E-state index in [9.17, 15) is 22.8 Å². The van der Waals surface area contributed by atoms with E-state index < -0.39 is 28.0 Å². The third kappa shape index (κ3) is 5.22. The first-order chi connectivity index (χ1) is 16.5. The lowest BCUT2D eigenvalue weighted by Gasteiger charge is -2.26. The summed E-state index contributed by atoms with van der Waals surface area (Å²) in [5, 5.41) is 2.44. The molecular formula is C24H16Cl2N2O6S. The number of anilines is 1. The molecule has 1 N–H and O–H groups in total. The zero-order valence-corrected chi connectivity index (χ0v) is 20.3. The third-order valence-electron chi connectivity index (χ3n) is 4.95. The summed E-state index contributed by atoms with van der Waals surface area (Å²) in [5.41, 5.74) is 0.945. The number of halogens is 2. The van der Waals surface area contributed by atoms with E-state index in [2.05, 4.69) is 5.32 Å². The van der Waals surface area contributed by atoms with Crippen molar-refractivity contribution >= 4 is 62.9 Å². The van der Waals surface area contributed by atoms with E-state index in [-0.39, 0.29) is 32.0 Å². The average molecular weight is 531 g/mol. The molecule has 0 radical (unpaired) electrons. The molecule has 1 aliphatic heterocycles. The highest BCUT2D eigenvalue weighted by Gasteiger charge is 2.37. The Balaban J connectivity index is 1.64. The normalized spacial score (nSPS) is 15.3. The SMILES string of the molecule is Cc1ccc(S(=O)(=O)Oc2cccc(/C=C3/C(=O)NC(=O)N(c4ccc(Cl)c(Cl)c4)C3=O)c2)cc1. The summed E-state index contributed by atoms with van der Waals surface area (Å²) in [7, 11) is -4.10. The molecule has 3 aromatic carbocycles. The molecule has 0 aromatic heterocycles. The van der Waals surface area contributed by atoms with Gasteiger partial charge in [0.25, 0.3) is 11.8 Å². The minimum atomic E-state index is -4.10. The van der Waals surface area contributed by atoms with Gasteiger partial charge >= 0.3 is 16.1 Å². The second-order valence-corrected chi connectivity index (χ2v) is 9.84. The molecule has 1 heterocycles. The van der Waals surface area contributed by atoms with E-state index in [1.54, 1.807) is 18.2 Å². The number of hydrogen-bond acceptors (Lipinski definition) is 6. The van der Waals surface area contributed by atoms with Gasteiger partial charge in [0, 0.05) is 0 Å². The fourth-order valence-corrected chi connectivity index (χ4v) is 4.43. The number of aryl methyl sites for hydroxylation is 1. The zero-order chi connectivity index (χ0) is 25.3. The van der Waals surface area contributed by atoms with Gasteiger partial charge in [0.05, 0.1) is 15.7 Å². The van der Waals surface area contributed by atoms with Crippen LogP contribution in [0.5, 0.6) is 5.75 Å². The zero-order valence-electron chi connectivity index (χ0n) is 18.0. The summed E-state index contributed by atoms with van der Waals surface area (Å²) in [6.45, 7) is 1.83. The molecule has 1 aliphatic rings. The maximum atomic E-state index is 13.0. The van der Waals surface area contributed by atoms with Crippen LogP contribution in [-0.4, -0.2) is 26.3 Å². The van der Waals surface area contributed by atoms with Crippen LogP contribution in [0.3, 0.4) is 0 Å². The lowest BCUT2D eigenvalue weighted by atomic mass is 10.1. The molecule has 0 aliphatic carbocycles. The lowest BCUT2D eigenvalue weighted by Crippen LogP contribution is -2.54. The molecule has 0 bridgehead atoms. The predicted molar refractivity (Wildman–Crippen MR) is 131 cm³/mol. The molecule has 0 saturated carbocycles. The molecule has 11 heteroatoms. The van der Waals surface area contributed by atoms with Crippen molar-refractivity contribution in [3.63, 3.8) is 0 Å². The van der Waals surface area contributed by atoms with Crippen LogP contribution in [0.2, 0.25) is 10.0 Å². The first kappa shape index (κ1) is 24.5. The van der Waals surface area contributed by atoms with Crippen molar-refractivity contribution in [1.82, 2.24) is 5.32 Å². The highest BCUT2D eigenvalue weighted by molar-refractivity contribution is 7.87. The van der Waals surface area contributed by atoms with E-state index in [1.165, 1.54) is 54.6 Å². The number of nitrogens with one attached hydrogen (secondary N) is 1. The fraction of sp³-hybridized carbons (Fsp3) is 0.0417. The quantitative estimate of drug-likeness (QED) is 0.290. The Morgan fingerprint density at radius 2 is 1.63 bits per heavy atom. The summed E-state index contributed by atoms with van der Waals surface area (Å²) in [6, 6.07) is 15.1. The van der Waals surface area contributed by atoms with Crippen LogP contribution in [0.4, 0.5) is 10.5 Å². The maximum absolute atomic E-state index is 13.0. The van der Waals surface area contributed by atoms with Gasteiger partial charge in [-0.2, -0.15) is 8.42 Å². The molecule has 4 rings (SSSR count). The van der Waals surface area contributed by atoms with Crippen molar-refractivity contribution in [2.75, 3.05) is 4.90 Å². The standard InChI is InChI=1S/C24H16Cl2N2O6S/c1-14-5-8-18(9-6-14)35(32,33)34-17-4-2-3-15(11-17)12-19-22(29)27-24(31)28(23(19)30)16-7-10-20(25)21(26)13-16/h2-13H,1H3,(H,27,29,31)/b19-12-. The van der Waals surface area contributed by atoms with Crippen molar-refractivity contribution in [2.24, 2.45) is 0 Å². The number of barbiturate groups is 1. The summed E-state index contributed by atoms with van der Waals surface area (Å²) >= 11 is 11.9. The van der Waals surface area contributed by atoms with E-state index in [4.69, 9.17) is 27.4 Å². The second-order valence-electron chi connectivity index (χ2n) is 7.48. The Morgan fingerprint density at radius 3 is 2.31 bits per heavy atom. The Labute approximate surface area is 210 Å². The van der Waals surface area contributed by atoms with E-state index in [0.717, 1.165) is 10.5 Å². The highest BCUT2D eigenvalue weighted by Crippen LogP contribution is 2.30. The van der Waals surface area contributed by atoms with Gasteiger partial charge in [-0.25, -0.2) is 9.69 Å². The van der Waals surface area contributed by atoms with Crippen LogP contribution < -0.4 is 14.4 Å². The summed E-state index contributed by atoms with van der Waals surface area (Å²) in [6.07, 6.45) is 1.22. The monoisotopic (exact) mass is 530 g/mol. The number of benzene rings is 3. The first-order valence-corrected chi connectivity index (χ1v) is 12.2. The smallest absolute Gasteiger partial charge is 0.339 e. The van der Waals surface area contributed by atoms with Crippen molar-refractivity contribution < 1.29 is 27.0 Å². The molecule has 3 aromatic rings. The molecule has 178 valence electrons. The number of amides is 4. The molecule has 0 unspecified atom stereocenters. The minimum Gasteiger partial charge on any atom is -0.379 e. The average Bonchev–Trinajstić information content (AvgIpc) is 2.79. The van der Waals surface area contributed by atoms with Gasteiger partial charge in [-0.05, 0) is 61.0 Å². The summed E-state index contributed by atoms with van der Waals surface area (Å²) in [4.78, 5) is 38.6. The van der Waals surface area contributed by atoms with Crippen LogP contribution in [0, 0.1) is 6.92 Å². The molecule has 4 amide bonds. The summed E-state index contributed by atoms with van der Waals surface area (Å²) in [5.74, 6) is -1.83. The number of nitrogens with zero attached hydrogens (tertiary/aromatic N) is 1. The van der Waals surface area contributed by atoms with Gasteiger partial charge in [-0.1, -0.05) is 53.0 Å². The number of urea groups is 1. The van der Waals surface area contributed by atoms with Gasteiger partial charge in [0.2, 0.25) is 0 Å².